The number of unbranched alkanes of at least 4 members (excludes halogenated alkanes) is 9. The molecule has 0 bridgehead atoms. The molecule has 0 aromatic heterocycles. The smallest absolute Gasteiger partial charge is 0.341 e. The fraction of sp³-hybridized carbons (Fsp3) is 0.800. The van der Waals surface area contributed by atoms with Crippen molar-refractivity contribution >= 4 is 23.9 Å². The maximum Gasteiger partial charge on any atom is 0.341 e. The van der Waals surface area contributed by atoms with E-state index in [1.165, 1.54) is 51.2 Å². The van der Waals surface area contributed by atoms with Gasteiger partial charge in [-0.25, -0.2) is 4.79 Å². The van der Waals surface area contributed by atoms with E-state index in [1.54, 1.807) is 0 Å². The van der Waals surface area contributed by atoms with Crippen molar-refractivity contribution in [3.63, 3.8) is 0 Å². The lowest BCUT2D eigenvalue weighted by Crippen LogP contribution is -2.44. The summed E-state index contributed by atoms with van der Waals surface area (Å²) in [6.45, 7) is 2.47. The highest BCUT2D eigenvalue weighted by Crippen LogP contribution is 2.27. The zero-order valence-corrected chi connectivity index (χ0v) is 16.0. The van der Waals surface area contributed by atoms with E-state index in [0.717, 1.165) is 19.3 Å². The van der Waals surface area contributed by atoms with Gasteiger partial charge in [0.1, 0.15) is 0 Å². The number of carbonyl (C=O) groups is 3. The molecule has 6 heteroatoms. The second kappa shape index (κ2) is 12.6. The van der Waals surface area contributed by atoms with Gasteiger partial charge in [0, 0.05) is 25.5 Å². The normalized spacial score (nSPS) is 19.0. The van der Waals surface area contributed by atoms with Gasteiger partial charge in [0.2, 0.25) is 5.54 Å². The molecule has 0 aromatic carbocycles. The molecule has 0 aromatic rings. The molecule has 0 spiro atoms. The number of hydrogen-bond donors (Lipinski definition) is 1. The molecule has 0 aliphatic carbocycles. The SMILES string of the molecule is CCCCCCCCCCCCOC(=O)C1(CCC(=O)O)N=CCC1=O. The summed E-state index contributed by atoms with van der Waals surface area (Å²) in [6.07, 6.45) is 12.9. The largest absolute Gasteiger partial charge is 0.481 e. The quantitative estimate of drug-likeness (QED) is 0.267. The molecule has 148 valence electrons. The van der Waals surface area contributed by atoms with Crippen LogP contribution in [0.4, 0.5) is 0 Å². The lowest BCUT2D eigenvalue weighted by atomic mass is 9.90. The van der Waals surface area contributed by atoms with Crippen molar-refractivity contribution in [2.75, 3.05) is 6.61 Å². The number of ketones is 1. The van der Waals surface area contributed by atoms with Crippen molar-refractivity contribution in [2.45, 2.75) is 95.9 Å². The standard InChI is InChI=1S/C20H33NO5/c1-2-3-4-5-6-7-8-9-10-11-16-26-19(25)20(14-12-18(23)24)17(22)13-15-21-20/h15H,2-14,16H2,1H3,(H,23,24). The van der Waals surface area contributed by atoms with Crippen molar-refractivity contribution in [2.24, 2.45) is 4.99 Å². The number of carboxylic acids is 1. The Morgan fingerprint density at radius 1 is 1.08 bits per heavy atom. The summed E-state index contributed by atoms with van der Waals surface area (Å²) < 4.78 is 5.24. The van der Waals surface area contributed by atoms with Gasteiger partial charge in [-0.15, -0.1) is 0 Å². The minimum absolute atomic E-state index is 0.0625. The molecule has 1 aliphatic rings. The van der Waals surface area contributed by atoms with Crippen LogP contribution >= 0.6 is 0 Å². The van der Waals surface area contributed by atoms with Crippen LogP contribution in [0.5, 0.6) is 0 Å². The number of carbonyl (C=O) groups excluding carboxylic acids is 2. The maximum atomic E-state index is 12.3. The zero-order valence-electron chi connectivity index (χ0n) is 16.0. The molecule has 1 rings (SSSR count). The fourth-order valence-corrected chi connectivity index (χ4v) is 3.16. The van der Waals surface area contributed by atoms with Crippen molar-refractivity contribution < 1.29 is 24.2 Å². The second-order valence-electron chi connectivity index (χ2n) is 7.01. The number of hydrogen-bond acceptors (Lipinski definition) is 5. The Balaban J connectivity index is 2.17. The summed E-state index contributed by atoms with van der Waals surface area (Å²) in [5.41, 5.74) is -1.63. The third-order valence-corrected chi connectivity index (χ3v) is 4.82. The molecular formula is C20H33NO5. The lowest BCUT2D eigenvalue weighted by molar-refractivity contribution is -0.153. The first-order valence-corrected chi connectivity index (χ1v) is 9.99. The summed E-state index contributed by atoms with van der Waals surface area (Å²) in [7, 11) is 0. The van der Waals surface area contributed by atoms with E-state index >= 15 is 0 Å². The number of nitrogens with zero attached hydrogens (tertiary/aromatic N) is 1. The molecule has 1 N–H and O–H groups in total. The number of Topliss-reactive ketones (excluding diaryl/α,β-unsaturated/α-hetero) is 1. The van der Waals surface area contributed by atoms with Gasteiger partial charge in [-0.3, -0.25) is 14.6 Å². The molecule has 1 heterocycles. The van der Waals surface area contributed by atoms with Gasteiger partial charge in [0.15, 0.2) is 5.78 Å². The van der Waals surface area contributed by atoms with Crippen molar-refractivity contribution in [1.29, 1.82) is 0 Å². The fourth-order valence-electron chi connectivity index (χ4n) is 3.16. The Morgan fingerprint density at radius 3 is 2.15 bits per heavy atom. The Hall–Kier alpha value is -1.72. The number of aliphatic carboxylic acids is 1. The summed E-state index contributed by atoms with van der Waals surface area (Å²) >= 11 is 0. The lowest BCUT2D eigenvalue weighted by Gasteiger charge is -2.21. The van der Waals surface area contributed by atoms with Crippen molar-refractivity contribution in [3.05, 3.63) is 0 Å². The van der Waals surface area contributed by atoms with E-state index in [0.29, 0.717) is 0 Å². The monoisotopic (exact) mass is 367 g/mol. The third kappa shape index (κ3) is 7.67. The van der Waals surface area contributed by atoms with E-state index < -0.39 is 17.5 Å². The molecule has 0 radical (unpaired) electrons. The highest BCUT2D eigenvalue weighted by Gasteiger charge is 2.48. The van der Waals surface area contributed by atoms with Crippen LogP contribution in [0.25, 0.3) is 0 Å². The molecule has 1 unspecified atom stereocenters. The molecule has 0 saturated carbocycles. The summed E-state index contributed by atoms with van der Waals surface area (Å²) in [5, 5.41) is 8.82. The molecule has 0 fully saturated rings. The van der Waals surface area contributed by atoms with Crippen LogP contribution in [-0.4, -0.2) is 41.2 Å². The number of esters is 1. The molecule has 6 nitrogen and oxygen atoms in total. The summed E-state index contributed by atoms with van der Waals surface area (Å²) in [6, 6.07) is 0. The van der Waals surface area contributed by atoms with Crippen molar-refractivity contribution in [3.8, 4) is 0 Å². The number of ether oxygens (including phenoxy) is 1. The van der Waals surface area contributed by atoms with E-state index in [4.69, 9.17) is 9.84 Å². The predicted octanol–water partition coefficient (Wildman–Crippen LogP) is 4.10. The Labute approximate surface area is 156 Å². The Morgan fingerprint density at radius 2 is 1.65 bits per heavy atom. The van der Waals surface area contributed by atoms with Gasteiger partial charge in [-0.1, -0.05) is 64.7 Å². The van der Waals surface area contributed by atoms with Gasteiger partial charge in [0.05, 0.1) is 6.61 Å². The molecule has 1 atom stereocenters. The van der Waals surface area contributed by atoms with Gasteiger partial charge < -0.3 is 9.84 Å². The van der Waals surface area contributed by atoms with Gasteiger partial charge >= 0.3 is 11.9 Å². The summed E-state index contributed by atoms with van der Waals surface area (Å²) in [4.78, 5) is 39.1. The minimum Gasteiger partial charge on any atom is -0.481 e. The van der Waals surface area contributed by atoms with Crippen LogP contribution < -0.4 is 0 Å². The second-order valence-corrected chi connectivity index (χ2v) is 7.01. The van der Waals surface area contributed by atoms with Crippen LogP contribution in [-0.2, 0) is 19.1 Å². The van der Waals surface area contributed by atoms with Gasteiger partial charge in [-0.2, -0.15) is 0 Å². The highest BCUT2D eigenvalue weighted by molar-refractivity contribution is 6.16. The van der Waals surface area contributed by atoms with Gasteiger partial charge in [-0.05, 0) is 6.42 Å². The Kier molecular flexibility index (Phi) is 10.8. The summed E-state index contributed by atoms with van der Waals surface area (Å²) in [5.74, 6) is -2.12. The number of carboxylic acid groups (broad SMARTS) is 1. The first-order chi connectivity index (χ1) is 12.5. The molecular weight excluding hydrogens is 334 g/mol. The van der Waals surface area contributed by atoms with Crippen LogP contribution in [0.1, 0.15) is 90.4 Å². The molecule has 0 saturated heterocycles. The third-order valence-electron chi connectivity index (χ3n) is 4.82. The minimum atomic E-state index is -1.63. The molecule has 26 heavy (non-hydrogen) atoms. The van der Waals surface area contributed by atoms with E-state index in [-0.39, 0.29) is 31.7 Å². The molecule has 1 aliphatic heterocycles. The first-order valence-electron chi connectivity index (χ1n) is 9.99. The highest BCUT2D eigenvalue weighted by atomic mass is 16.5. The average molecular weight is 367 g/mol. The van der Waals surface area contributed by atoms with Crippen LogP contribution in [0, 0.1) is 0 Å². The van der Waals surface area contributed by atoms with Crippen LogP contribution in [0.15, 0.2) is 4.99 Å². The van der Waals surface area contributed by atoms with E-state index in [1.807, 2.05) is 0 Å². The first kappa shape index (κ1) is 22.3. The van der Waals surface area contributed by atoms with Crippen LogP contribution in [0.2, 0.25) is 0 Å². The zero-order chi connectivity index (χ0) is 19.3. The topological polar surface area (TPSA) is 93.0 Å². The van der Waals surface area contributed by atoms with Crippen molar-refractivity contribution in [1.82, 2.24) is 0 Å². The Bertz CT molecular complexity index is 489. The average Bonchev–Trinajstić information content (AvgIpc) is 2.99. The van der Waals surface area contributed by atoms with Gasteiger partial charge in [0.25, 0.3) is 0 Å². The maximum absolute atomic E-state index is 12.3. The predicted molar refractivity (Wildman–Crippen MR) is 101 cm³/mol. The van der Waals surface area contributed by atoms with E-state index in [9.17, 15) is 14.4 Å². The number of aliphatic imine (C=N–C) groups is 1. The van der Waals surface area contributed by atoms with E-state index in [2.05, 4.69) is 11.9 Å². The van der Waals surface area contributed by atoms with Crippen LogP contribution in [0.3, 0.4) is 0 Å². The number of rotatable bonds is 15. The molecule has 0 amide bonds.